The number of anilines is 1. The fourth-order valence-corrected chi connectivity index (χ4v) is 4.46. The second kappa shape index (κ2) is 9.42. The molecule has 1 aliphatic heterocycles. The molecule has 0 aliphatic carbocycles. The summed E-state index contributed by atoms with van der Waals surface area (Å²) < 4.78 is 54.0. The number of carbonyl (C=O) groups excluding carboxylic acids is 2. The van der Waals surface area contributed by atoms with Crippen LogP contribution in [0.1, 0.15) is 35.5 Å². The Bertz CT molecular complexity index is 1090. The molecule has 1 N–H and O–H groups in total. The molecule has 168 valence electrons. The van der Waals surface area contributed by atoms with Gasteiger partial charge in [-0.05, 0) is 36.8 Å². The fourth-order valence-electron chi connectivity index (χ4n) is 3.32. The Morgan fingerprint density at radius 2 is 1.58 bits per heavy atom. The van der Waals surface area contributed by atoms with E-state index in [1.807, 2.05) is 0 Å². The highest BCUT2D eigenvalue weighted by atomic mass is 32.2. The molecule has 2 aromatic carbocycles. The predicted octanol–water partition coefficient (Wildman–Crippen LogP) is 2.96. The first-order valence-corrected chi connectivity index (χ1v) is 11.5. The van der Waals surface area contributed by atoms with E-state index in [4.69, 9.17) is 0 Å². The van der Waals surface area contributed by atoms with E-state index >= 15 is 0 Å². The van der Waals surface area contributed by atoms with Crippen molar-refractivity contribution in [3.8, 4) is 0 Å². The van der Waals surface area contributed by atoms with Gasteiger partial charge in [0.05, 0.1) is 17.0 Å². The van der Waals surface area contributed by atoms with Gasteiger partial charge in [-0.3, -0.25) is 14.3 Å². The summed E-state index contributed by atoms with van der Waals surface area (Å²) in [6.07, 6.45) is 0.388. The van der Waals surface area contributed by atoms with Gasteiger partial charge in [-0.15, -0.1) is 0 Å². The Kier molecular flexibility index (Phi) is 6.89. The van der Waals surface area contributed by atoms with Crippen LogP contribution >= 0.6 is 0 Å². The van der Waals surface area contributed by atoms with Crippen LogP contribution in [0.15, 0.2) is 42.5 Å². The summed E-state index contributed by atoms with van der Waals surface area (Å²) in [6.45, 7) is 2.56. The molecule has 31 heavy (non-hydrogen) atoms. The molecule has 0 aromatic heterocycles. The van der Waals surface area contributed by atoms with E-state index in [0.29, 0.717) is 6.42 Å². The standard InChI is InChI=1S/C21H23F2N3O4S.H2/c1-2-13-31(29,30)24-19-8-7-15(14-18(19)23)20(27)25-9-11-26(12-10-25)21(28)16-5-3-4-6-17(16)22;/h3-8,14,24H,2,9-13H2,1H3;1H. The highest BCUT2D eigenvalue weighted by Gasteiger charge is 2.27. The number of piperazine rings is 1. The third-order valence-electron chi connectivity index (χ3n) is 4.91. The number of hydrogen-bond acceptors (Lipinski definition) is 4. The lowest BCUT2D eigenvalue weighted by atomic mass is 10.1. The van der Waals surface area contributed by atoms with E-state index in [9.17, 15) is 26.8 Å². The number of carbonyl (C=O) groups is 2. The van der Waals surface area contributed by atoms with E-state index < -0.39 is 33.5 Å². The van der Waals surface area contributed by atoms with Crippen LogP contribution in [0.4, 0.5) is 14.5 Å². The molecule has 0 unspecified atom stereocenters. The summed E-state index contributed by atoms with van der Waals surface area (Å²) >= 11 is 0. The summed E-state index contributed by atoms with van der Waals surface area (Å²) in [5, 5.41) is 0. The molecule has 1 saturated heterocycles. The van der Waals surface area contributed by atoms with Gasteiger partial charge in [0.25, 0.3) is 11.8 Å². The number of sulfonamides is 1. The molecule has 0 spiro atoms. The van der Waals surface area contributed by atoms with Gasteiger partial charge in [0.2, 0.25) is 10.0 Å². The van der Waals surface area contributed by atoms with Gasteiger partial charge in [0, 0.05) is 33.2 Å². The van der Waals surface area contributed by atoms with E-state index in [2.05, 4.69) is 4.72 Å². The number of halogens is 2. The Morgan fingerprint density at radius 1 is 0.968 bits per heavy atom. The van der Waals surface area contributed by atoms with Crippen LogP contribution in [0.25, 0.3) is 0 Å². The van der Waals surface area contributed by atoms with Gasteiger partial charge in [0.1, 0.15) is 11.6 Å². The molecule has 2 amide bonds. The normalized spacial score (nSPS) is 14.4. The molecule has 7 nitrogen and oxygen atoms in total. The topological polar surface area (TPSA) is 86.8 Å². The summed E-state index contributed by atoms with van der Waals surface area (Å²) in [7, 11) is -3.65. The Balaban J connectivity index is 0.00000363. The average Bonchev–Trinajstić information content (AvgIpc) is 2.74. The maximum Gasteiger partial charge on any atom is 0.256 e. The average molecular weight is 454 g/mol. The lowest BCUT2D eigenvalue weighted by Crippen LogP contribution is -2.50. The zero-order chi connectivity index (χ0) is 22.6. The van der Waals surface area contributed by atoms with Crippen LogP contribution in [-0.4, -0.2) is 62.0 Å². The largest absolute Gasteiger partial charge is 0.335 e. The van der Waals surface area contributed by atoms with Gasteiger partial charge in [0.15, 0.2) is 0 Å². The molecule has 1 aliphatic rings. The van der Waals surface area contributed by atoms with Crippen molar-refractivity contribution in [3.63, 3.8) is 0 Å². The van der Waals surface area contributed by atoms with Gasteiger partial charge < -0.3 is 9.80 Å². The maximum atomic E-state index is 14.4. The lowest BCUT2D eigenvalue weighted by Gasteiger charge is -2.35. The summed E-state index contributed by atoms with van der Waals surface area (Å²) in [5.74, 6) is -2.46. The molecule has 2 aromatic rings. The molecule has 3 rings (SSSR count). The second-order valence-corrected chi connectivity index (χ2v) is 9.02. The van der Waals surface area contributed by atoms with Crippen molar-refractivity contribution in [2.75, 3.05) is 36.7 Å². The quantitative estimate of drug-likeness (QED) is 0.729. The van der Waals surface area contributed by atoms with Crippen LogP contribution in [-0.2, 0) is 10.0 Å². The zero-order valence-corrected chi connectivity index (χ0v) is 17.8. The summed E-state index contributed by atoms with van der Waals surface area (Å²) in [4.78, 5) is 28.1. The van der Waals surface area contributed by atoms with E-state index in [1.165, 1.54) is 40.1 Å². The molecule has 0 atom stereocenters. The molecule has 0 bridgehead atoms. The lowest BCUT2D eigenvalue weighted by molar-refractivity contribution is 0.0532. The minimum Gasteiger partial charge on any atom is -0.335 e. The number of benzene rings is 2. The smallest absolute Gasteiger partial charge is 0.256 e. The molecule has 1 fully saturated rings. The third kappa shape index (κ3) is 5.38. The summed E-state index contributed by atoms with van der Waals surface area (Å²) in [5.41, 5.74) is -0.166. The van der Waals surface area contributed by atoms with Crippen molar-refractivity contribution < 1.29 is 28.2 Å². The first-order chi connectivity index (χ1) is 14.7. The molecule has 1 heterocycles. The van der Waals surface area contributed by atoms with Crippen molar-refractivity contribution in [1.29, 1.82) is 0 Å². The van der Waals surface area contributed by atoms with Crippen LogP contribution < -0.4 is 4.72 Å². The van der Waals surface area contributed by atoms with Crippen molar-refractivity contribution in [2.24, 2.45) is 0 Å². The monoisotopic (exact) mass is 453 g/mol. The first kappa shape index (κ1) is 22.7. The molecular weight excluding hydrogens is 428 g/mol. The SMILES string of the molecule is CCCS(=O)(=O)Nc1ccc(C(=O)N2CCN(C(=O)c3ccccc3F)CC2)cc1F.[HH]. The first-order valence-electron chi connectivity index (χ1n) is 9.85. The zero-order valence-electron chi connectivity index (χ0n) is 17.0. The third-order valence-corrected chi connectivity index (χ3v) is 6.39. The van der Waals surface area contributed by atoms with Crippen molar-refractivity contribution >= 4 is 27.5 Å². The van der Waals surface area contributed by atoms with E-state index in [0.717, 1.165) is 6.07 Å². The Labute approximate surface area is 181 Å². The highest BCUT2D eigenvalue weighted by molar-refractivity contribution is 7.92. The molecular formula is C21H25F2N3O4S. The van der Waals surface area contributed by atoms with Gasteiger partial charge in [-0.2, -0.15) is 0 Å². The van der Waals surface area contributed by atoms with Crippen molar-refractivity contribution in [3.05, 3.63) is 65.2 Å². The minimum absolute atomic E-state index is 0. The number of nitrogens with zero attached hydrogens (tertiary/aromatic N) is 2. The summed E-state index contributed by atoms with van der Waals surface area (Å²) in [6, 6.07) is 9.27. The second-order valence-electron chi connectivity index (χ2n) is 7.18. The van der Waals surface area contributed by atoms with Crippen LogP contribution in [0.3, 0.4) is 0 Å². The predicted molar refractivity (Wildman–Crippen MR) is 114 cm³/mol. The van der Waals surface area contributed by atoms with Crippen LogP contribution in [0.5, 0.6) is 0 Å². The highest BCUT2D eigenvalue weighted by Crippen LogP contribution is 2.20. The number of amides is 2. The fraction of sp³-hybridized carbons (Fsp3) is 0.333. The molecule has 10 heteroatoms. The molecule has 0 saturated carbocycles. The number of hydrogen-bond donors (Lipinski definition) is 1. The van der Waals surface area contributed by atoms with E-state index in [1.54, 1.807) is 13.0 Å². The van der Waals surface area contributed by atoms with Crippen molar-refractivity contribution in [2.45, 2.75) is 13.3 Å². The Hall–Kier alpha value is -3.01. The number of rotatable bonds is 6. The van der Waals surface area contributed by atoms with Crippen molar-refractivity contribution in [1.82, 2.24) is 9.80 Å². The maximum absolute atomic E-state index is 14.4. The van der Waals surface area contributed by atoms with Gasteiger partial charge in [-0.25, -0.2) is 17.2 Å². The van der Waals surface area contributed by atoms with Gasteiger partial charge >= 0.3 is 0 Å². The molecule has 0 radical (unpaired) electrons. The van der Waals surface area contributed by atoms with Crippen LogP contribution in [0, 0.1) is 11.6 Å². The Morgan fingerprint density at radius 3 is 2.16 bits per heavy atom. The van der Waals surface area contributed by atoms with Gasteiger partial charge in [-0.1, -0.05) is 19.1 Å². The number of nitrogens with one attached hydrogen (secondary N) is 1. The minimum atomic E-state index is -3.65. The van der Waals surface area contributed by atoms with E-state index in [-0.39, 0.29) is 50.2 Å². The van der Waals surface area contributed by atoms with Crippen LogP contribution in [0.2, 0.25) is 0 Å².